The zero-order valence-electron chi connectivity index (χ0n) is 14.9. The Kier molecular flexibility index (Phi) is 7.79. The second-order valence-electron chi connectivity index (χ2n) is 6.11. The Labute approximate surface area is 158 Å². The van der Waals surface area contributed by atoms with Crippen LogP contribution in [-0.2, 0) is 4.79 Å². The molecule has 0 atom stereocenters. The van der Waals surface area contributed by atoms with Crippen molar-refractivity contribution in [3.63, 3.8) is 0 Å². The van der Waals surface area contributed by atoms with Gasteiger partial charge in [0.15, 0.2) is 0 Å². The van der Waals surface area contributed by atoms with Crippen LogP contribution in [0.3, 0.4) is 0 Å². The number of para-hydroxylation sites is 1. The molecule has 2 aromatic rings. The number of benzene rings is 1. The summed E-state index contributed by atoms with van der Waals surface area (Å²) in [5.74, 6) is -0.936. The Morgan fingerprint density at radius 2 is 1.81 bits per heavy atom. The molecule has 7 nitrogen and oxygen atoms in total. The average molecular weight is 381 g/mol. The fraction of sp³-hybridized carbons (Fsp3) is 0.389. The first-order valence-corrected chi connectivity index (χ1v) is 8.34. The third-order valence-corrected chi connectivity index (χ3v) is 4.49. The van der Waals surface area contributed by atoms with Crippen LogP contribution in [0.4, 0.5) is 0 Å². The maximum absolute atomic E-state index is 12.4. The number of aromatic amines is 1. The Balaban J connectivity index is 0.00000338. The predicted molar refractivity (Wildman–Crippen MR) is 105 cm³/mol. The number of hydrogen-bond acceptors (Lipinski definition) is 4. The fourth-order valence-corrected chi connectivity index (χ4v) is 2.43. The number of H-pyrrole nitrogens is 1. The minimum atomic E-state index is -0.591. The molecule has 0 fully saturated rings. The van der Waals surface area contributed by atoms with Crippen LogP contribution in [0.2, 0.25) is 0 Å². The van der Waals surface area contributed by atoms with Gasteiger partial charge in [0, 0.05) is 29.2 Å². The van der Waals surface area contributed by atoms with Gasteiger partial charge >= 0.3 is 0 Å². The van der Waals surface area contributed by atoms with Gasteiger partial charge in [0.2, 0.25) is 11.3 Å². The van der Waals surface area contributed by atoms with Crippen molar-refractivity contribution < 1.29 is 9.59 Å². The van der Waals surface area contributed by atoms with E-state index in [-0.39, 0.29) is 35.9 Å². The molecule has 0 spiro atoms. The summed E-state index contributed by atoms with van der Waals surface area (Å²) < 4.78 is 0. The number of pyridine rings is 1. The van der Waals surface area contributed by atoms with Crippen molar-refractivity contribution in [2.75, 3.05) is 13.1 Å². The molecule has 2 amide bonds. The maximum atomic E-state index is 12.4. The van der Waals surface area contributed by atoms with E-state index in [0.29, 0.717) is 17.4 Å². The summed E-state index contributed by atoms with van der Waals surface area (Å²) in [6.45, 7) is 4.05. The highest BCUT2D eigenvalue weighted by Crippen LogP contribution is 2.09. The highest BCUT2D eigenvalue weighted by Gasteiger charge is 2.21. The summed E-state index contributed by atoms with van der Waals surface area (Å²) in [5, 5.41) is 5.61. The van der Waals surface area contributed by atoms with Gasteiger partial charge in [-0.15, -0.1) is 12.4 Å². The van der Waals surface area contributed by atoms with Gasteiger partial charge in [0.05, 0.1) is 6.54 Å². The molecule has 2 rings (SSSR count). The predicted octanol–water partition coefficient (Wildman–Crippen LogP) is 1.31. The summed E-state index contributed by atoms with van der Waals surface area (Å²) in [4.78, 5) is 39.3. The summed E-state index contributed by atoms with van der Waals surface area (Å²) >= 11 is 0. The summed E-state index contributed by atoms with van der Waals surface area (Å²) in [5.41, 5.74) is 5.92. The smallest absolute Gasteiger partial charge is 0.257 e. The Morgan fingerprint density at radius 1 is 1.15 bits per heavy atom. The van der Waals surface area contributed by atoms with Crippen LogP contribution in [0.1, 0.15) is 37.0 Å². The van der Waals surface area contributed by atoms with Crippen LogP contribution in [0.5, 0.6) is 0 Å². The molecule has 0 saturated heterocycles. The van der Waals surface area contributed by atoms with E-state index in [1.54, 1.807) is 24.3 Å². The third kappa shape index (κ3) is 5.06. The van der Waals surface area contributed by atoms with Crippen LogP contribution in [-0.4, -0.2) is 35.4 Å². The number of amides is 2. The number of nitrogens with one attached hydrogen (secondary N) is 3. The van der Waals surface area contributed by atoms with E-state index < -0.39 is 11.4 Å². The first-order chi connectivity index (χ1) is 11.9. The van der Waals surface area contributed by atoms with E-state index in [1.807, 2.05) is 13.8 Å². The van der Waals surface area contributed by atoms with E-state index in [9.17, 15) is 14.4 Å². The first-order valence-electron chi connectivity index (χ1n) is 8.34. The lowest BCUT2D eigenvalue weighted by atomic mass is 9.94. The molecule has 0 saturated carbocycles. The van der Waals surface area contributed by atoms with Gasteiger partial charge in [-0.2, -0.15) is 0 Å². The molecular formula is C18H25ClN4O3. The molecule has 5 N–H and O–H groups in total. The SMILES string of the molecule is CCC(N)(CC)CNC(=O)CNC(=O)c1c[nH]c2ccccc2c1=O.Cl. The van der Waals surface area contributed by atoms with Crippen molar-refractivity contribution in [2.45, 2.75) is 32.2 Å². The molecular weight excluding hydrogens is 356 g/mol. The Hall–Kier alpha value is -2.38. The lowest BCUT2D eigenvalue weighted by Crippen LogP contribution is -2.51. The Bertz CT molecular complexity index is 831. The molecule has 1 aromatic heterocycles. The molecule has 0 aliphatic heterocycles. The Morgan fingerprint density at radius 3 is 2.46 bits per heavy atom. The fourth-order valence-electron chi connectivity index (χ4n) is 2.43. The monoisotopic (exact) mass is 380 g/mol. The topological polar surface area (TPSA) is 117 Å². The maximum Gasteiger partial charge on any atom is 0.257 e. The van der Waals surface area contributed by atoms with Crippen LogP contribution in [0.25, 0.3) is 10.9 Å². The van der Waals surface area contributed by atoms with Gasteiger partial charge in [-0.05, 0) is 25.0 Å². The lowest BCUT2D eigenvalue weighted by molar-refractivity contribution is -0.120. The van der Waals surface area contributed by atoms with Crippen LogP contribution in [0, 0.1) is 0 Å². The minimum absolute atomic E-state index is 0. The van der Waals surface area contributed by atoms with Gasteiger partial charge in [-0.1, -0.05) is 26.0 Å². The zero-order valence-corrected chi connectivity index (χ0v) is 15.7. The highest BCUT2D eigenvalue weighted by molar-refractivity contribution is 5.98. The molecule has 1 aromatic carbocycles. The van der Waals surface area contributed by atoms with Crippen molar-refractivity contribution in [2.24, 2.45) is 5.73 Å². The quantitative estimate of drug-likeness (QED) is 0.579. The average Bonchev–Trinajstić information content (AvgIpc) is 2.64. The standard InChI is InChI=1S/C18H24N4O3.ClH/c1-3-18(19,4-2)11-22-15(23)10-21-17(25)13-9-20-14-8-6-5-7-12(14)16(13)24;/h5-9H,3-4,10-11,19H2,1-2H3,(H,20,24)(H,21,25)(H,22,23);1H. The normalized spacial score (nSPS) is 10.9. The third-order valence-electron chi connectivity index (χ3n) is 4.49. The molecule has 0 bridgehead atoms. The molecule has 142 valence electrons. The summed E-state index contributed by atoms with van der Waals surface area (Å²) in [6, 6.07) is 6.93. The van der Waals surface area contributed by atoms with Crippen molar-refractivity contribution in [1.82, 2.24) is 15.6 Å². The highest BCUT2D eigenvalue weighted by atomic mass is 35.5. The van der Waals surface area contributed by atoms with Crippen LogP contribution in [0.15, 0.2) is 35.3 Å². The van der Waals surface area contributed by atoms with Gasteiger partial charge in [-0.25, -0.2) is 0 Å². The van der Waals surface area contributed by atoms with Gasteiger partial charge in [0.1, 0.15) is 5.56 Å². The van der Waals surface area contributed by atoms with Crippen molar-refractivity contribution in [3.8, 4) is 0 Å². The van der Waals surface area contributed by atoms with Crippen molar-refractivity contribution in [1.29, 1.82) is 0 Å². The first kappa shape index (κ1) is 21.7. The van der Waals surface area contributed by atoms with Crippen LogP contribution >= 0.6 is 12.4 Å². The van der Waals surface area contributed by atoms with Gasteiger partial charge < -0.3 is 21.4 Å². The van der Waals surface area contributed by atoms with Gasteiger partial charge in [0.25, 0.3) is 5.91 Å². The van der Waals surface area contributed by atoms with Crippen molar-refractivity contribution >= 4 is 35.1 Å². The number of nitrogens with two attached hydrogens (primary N) is 1. The van der Waals surface area contributed by atoms with E-state index in [1.165, 1.54) is 6.20 Å². The number of carbonyl (C=O) groups is 2. The molecule has 0 aliphatic rings. The molecule has 0 radical (unpaired) electrons. The molecule has 1 heterocycles. The number of aromatic nitrogens is 1. The molecule has 0 aliphatic carbocycles. The number of hydrogen-bond donors (Lipinski definition) is 4. The second-order valence-corrected chi connectivity index (χ2v) is 6.11. The van der Waals surface area contributed by atoms with Crippen LogP contribution < -0.4 is 21.8 Å². The van der Waals surface area contributed by atoms with E-state index in [2.05, 4.69) is 15.6 Å². The zero-order chi connectivity index (χ0) is 18.4. The van der Waals surface area contributed by atoms with E-state index >= 15 is 0 Å². The molecule has 0 unspecified atom stereocenters. The second kappa shape index (κ2) is 9.35. The van der Waals surface area contributed by atoms with Crippen molar-refractivity contribution in [3.05, 3.63) is 46.2 Å². The molecule has 8 heteroatoms. The number of rotatable bonds is 7. The summed E-state index contributed by atoms with van der Waals surface area (Å²) in [7, 11) is 0. The van der Waals surface area contributed by atoms with Gasteiger partial charge in [-0.3, -0.25) is 14.4 Å². The van der Waals surface area contributed by atoms with E-state index in [4.69, 9.17) is 5.73 Å². The molecule has 26 heavy (non-hydrogen) atoms. The lowest BCUT2D eigenvalue weighted by Gasteiger charge is -2.26. The minimum Gasteiger partial charge on any atom is -0.360 e. The number of halogens is 1. The van der Waals surface area contributed by atoms with E-state index in [0.717, 1.165) is 12.8 Å². The largest absolute Gasteiger partial charge is 0.360 e. The summed E-state index contributed by atoms with van der Waals surface area (Å²) in [6.07, 6.45) is 2.84. The number of carbonyl (C=O) groups excluding carboxylic acids is 2. The number of fused-ring (bicyclic) bond motifs is 1.